The number of imidazole rings is 1. The number of anilines is 2. The quantitative estimate of drug-likeness (QED) is 0.594. The summed E-state index contributed by atoms with van der Waals surface area (Å²) in [4.78, 5) is 16.8. The third-order valence-corrected chi connectivity index (χ3v) is 9.10. The summed E-state index contributed by atoms with van der Waals surface area (Å²) in [7, 11) is 0. The van der Waals surface area contributed by atoms with E-state index in [4.69, 9.17) is 32.8 Å². The summed E-state index contributed by atoms with van der Waals surface area (Å²) >= 11 is 7.90. The lowest BCUT2D eigenvalue weighted by molar-refractivity contribution is 0.0958. The zero-order valence-corrected chi connectivity index (χ0v) is 20.1. The van der Waals surface area contributed by atoms with Crippen LogP contribution in [0.3, 0.4) is 0 Å². The Bertz CT molecular complexity index is 1170. The van der Waals surface area contributed by atoms with E-state index in [9.17, 15) is 0 Å². The highest BCUT2D eigenvalue weighted by atomic mass is 35.5. The first-order valence-corrected chi connectivity index (χ1v) is 12.0. The van der Waals surface area contributed by atoms with Gasteiger partial charge in [-0.1, -0.05) is 23.4 Å². The number of nitrogens with zero attached hydrogens (tertiary/aromatic N) is 5. The van der Waals surface area contributed by atoms with Gasteiger partial charge in [0.1, 0.15) is 10.8 Å². The highest BCUT2D eigenvalue weighted by molar-refractivity contribution is 7.99. The van der Waals surface area contributed by atoms with E-state index in [1.165, 1.54) is 11.8 Å². The third kappa shape index (κ3) is 3.25. The molecule has 2 atom stereocenters. The number of hydrogen-bond donors (Lipinski definition) is 2. The summed E-state index contributed by atoms with van der Waals surface area (Å²) in [6.45, 7) is 8.70. The molecule has 0 radical (unpaired) electrons. The number of aryl methyl sites for hydroxylation is 1. The Balaban J connectivity index is 1.45. The molecule has 2 fully saturated rings. The van der Waals surface area contributed by atoms with Gasteiger partial charge >= 0.3 is 0 Å². The number of piperidine rings is 1. The van der Waals surface area contributed by atoms with Gasteiger partial charge in [0.2, 0.25) is 0 Å². The standard InChI is InChI=1S/C22H28ClN7OS/c1-13-20(32-15-4-7-26-17(24)16(15)23)30-11-8-27-18(30)19(28-13)29-9-5-22(6-10-29)12-31-14(2)21(22,3)25/h4,7-8,11,14H,5-6,9-10,12,25H2,1-3H3,(H2,24,26)/t14-,21-/m0/s1. The topological polar surface area (TPSA) is 108 Å². The molecule has 0 saturated carbocycles. The summed E-state index contributed by atoms with van der Waals surface area (Å²) in [5, 5.41) is 1.41. The first-order chi connectivity index (χ1) is 15.2. The molecule has 0 aliphatic carbocycles. The van der Waals surface area contributed by atoms with Crippen LogP contribution in [0.2, 0.25) is 5.02 Å². The molecule has 3 aromatic rings. The number of aromatic nitrogens is 4. The van der Waals surface area contributed by atoms with Crippen molar-refractivity contribution in [2.24, 2.45) is 11.1 Å². The van der Waals surface area contributed by atoms with Crippen LogP contribution in [0.4, 0.5) is 11.6 Å². The predicted molar refractivity (Wildman–Crippen MR) is 127 cm³/mol. The average Bonchev–Trinajstić information content (AvgIpc) is 3.33. The molecule has 170 valence electrons. The van der Waals surface area contributed by atoms with Crippen LogP contribution >= 0.6 is 23.4 Å². The molecule has 2 saturated heterocycles. The molecule has 0 aromatic carbocycles. The van der Waals surface area contributed by atoms with E-state index in [1.807, 2.05) is 19.2 Å². The fraction of sp³-hybridized carbons (Fsp3) is 0.500. The van der Waals surface area contributed by atoms with Gasteiger partial charge in [0.05, 0.1) is 23.4 Å². The van der Waals surface area contributed by atoms with Gasteiger partial charge in [0.15, 0.2) is 11.5 Å². The third-order valence-electron chi connectivity index (χ3n) is 7.35. The van der Waals surface area contributed by atoms with Gasteiger partial charge in [-0.05, 0) is 39.7 Å². The summed E-state index contributed by atoms with van der Waals surface area (Å²) < 4.78 is 8.04. The van der Waals surface area contributed by atoms with Crippen molar-refractivity contribution in [3.05, 3.63) is 35.4 Å². The van der Waals surface area contributed by atoms with Crippen molar-refractivity contribution in [2.45, 2.75) is 55.2 Å². The molecule has 0 amide bonds. The van der Waals surface area contributed by atoms with Crippen molar-refractivity contribution >= 4 is 40.6 Å². The number of ether oxygens (including phenoxy) is 1. The Morgan fingerprint density at radius 3 is 2.69 bits per heavy atom. The normalized spacial score (nSPS) is 25.2. The second-order valence-corrected chi connectivity index (χ2v) is 10.5. The van der Waals surface area contributed by atoms with Crippen LogP contribution < -0.4 is 16.4 Å². The van der Waals surface area contributed by atoms with Crippen LogP contribution in [0, 0.1) is 12.3 Å². The summed E-state index contributed by atoms with van der Waals surface area (Å²) in [5.41, 5.74) is 14.0. The van der Waals surface area contributed by atoms with E-state index in [-0.39, 0.29) is 17.1 Å². The van der Waals surface area contributed by atoms with Crippen LogP contribution in [-0.4, -0.2) is 50.7 Å². The smallest absolute Gasteiger partial charge is 0.181 e. The van der Waals surface area contributed by atoms with Gasteiger partial charge in [-0.15, -0.1) is 0 Å². The Labute approximate surface area is 196 Å². The van der Waals surface area contributed by atoms with Gasteiger partial charge in [0.25, 0.3) is 0 Å². The van der Waals surface area contributed by atoms with Crippen LogP contribution in [0.25, 0.3) is 5.65 Å². The summed E-state index contributed by atoms with van der Waals surface area (Å²) in [6, 6.07) is 1.86. The fourth-order valence-corrected chi connectivity index (χ4v) is 6.10. The van der Waals surface area contributed by atoms with E-state index in [0.717, 1.165) is 59.6 Å². The lowest BCUT2D eigenvalue weighted by Crippen LogP contribution is -2.59. The van der Waals surface area contributed by atoms with Crippen LogP contribution in [0.15, 0.2) is 34.6 Å². The van der Waals surface area contributed by atoms with E-state index >= 15 is 0 Å². The Hall–Kier alpha value is -2.07. The molecule has 5 rings (SSSR count). The molecule has 5 heterocycles. The molecule has 8 nitrogen and oxygen atoms in total. The van der Waals surface area contributed by atoms with Crippen molar-refractivity contribution < 1.29 is 4.74 Å². The summed E-state index contributed by atoms with van der Waals surface area (Å²) in [5.74, 6) is 1.22. The monoisotopic (exact) mass is 473 g/mol. The van der Waals surface area contributed by atoms with E-state index < -0.39 is 0 Å². The molecule has 1 spiro atoms. The van der Waals surface area contributed by atoms with Crippen LogP contribution in [0.5, 0.6) is 0 Å². The molecule has 4 N–H and O–H groups in total. The summed E-state index contributed by atoms with van der Waals surface area (Å²) in [6.07, 6.45) is 7.44. The van der Waals surface area contributed by atoms with E-state index in [2.05, 4.69) is 33.1 Å². The van der Waals surface area contributed by atoms with Crippen molar-refractivity contribution in [3.63, 3.8) is 0 Å². The Kier molecular flexibility index (Phi) is 5.28. The lowest BCUT2D eigenvalue weighted by atomic mass is 9.65. The number of hydrogen-bond acceptors (Lipinski definition) is 8. The van der Waals surface area contributed by atoms with Crippen molar-refractivity contribution in [2.75, 3.05) is 30.3 Å². The van der Waals surface area contributed by atoms with Crippen LogP contribution in [0.1, 0.15) is 32.4 Å². The average molecular weight is 474 g/mol. The molecule has 0 bridgehead atoms. The number of rotatable bonds is 3. The number of halogens is 1. The fourth-order valence-electron chi connectivity index (χ4n) is 4.90. The first kappa shape index (κ1) is 21.8. The minimum atomic E-state index is -0.322. The predicted octanol–water partition coefficient (Wildman–Crippen LogP) is 3.54. The molecular formula is C22H28ClN7OS. The molecular weight excluding hydrogens is 446 g/mol. The molecule has 2 aliphatic rings. The van der Waals surface area contributed by atoms with Gasteiger partial charge in [0, 0.05) is 47.5 Å². The second kappa shape index (κ2) is 7.76. The number of nitrogen functional groups attached to an aromatic ring is 1. The maximum Gasteiger partial charge on any atom is 0.181 e. The lowest BCUT2D eigenvalue weighted by Gasteiger charge is -2.47. The molecule has 3 aromatic heterocycles. The molecule has 2 aliphatic heterocycles. The van der Waals surface area contributed by atoms with E-state index in [0.29, 0.717) is 10.8 Å². The minimum absolute atomic E-state index is 0.0114. The van der Waals surface area contributed by atoms with E-state index in [1.54, 1.807) is 12.4 Å². The van der Waals surface area contributed by atoms with Crippen molar-refractivity contribution in [1.29, 1.82) is 0 Å². The van der Waals surface area contributed by atoms with Gasteiger partial charge in [-0.3, -0.25) is 4.40 Å². The van der Waals surface area contributed by atoms with Crippen molar-refractivity contribution in [3.8, 4) is 0 Å². The second-order valence-electron chi connectivity index (χ2n) is 9.06. The Morgan fingerprint density at radius 1 is 1.25 bits per heavy atom. The zero-order chi connectivity index (χ0) is 22.7. The maximum atomic E-state index is 6.73. The van der Waals surface area contributed by atoms with Gasteiger partial charge in [-0.25, -0.2) is 15.0 Å². The molecule has 0 unspecified atom stereocenters. The maximum absolute atomic E-state index is 6.73. The van der Waals surface area contributed by atoms with Crippen LogP contribution in [-0.2, 0) is 4.74 Å². The first-order valence-electron chi connectivity index (χ1n) is 10.8. The van der Waals surface area contributed by atoms with Gasteiger partial charge in [-0.2, -0.15) is 0 Å². The van der Waals surface area contributed by atoms with Crippen molar-refractivity contribution in [1.82, 2.24) is 19.4 Å². The minimum Gasteiger partial charge on any atom is -0.382 e. The largest absolute Gasteiger partial charge is 0.382 e. The zero-order valence-electron chi connectivity index (χ0n) is 18.5. The molecule has 32 heavy (non-hydrogen) atoms. The SMILES string of the molecule is Cc1nc(N2CCC3(CC2)CO[C@@H](C)[C@]3(C)N)c2nccn2c1Sc1ccnc(N)c1Cl. The highest BCUT2D eigenvalue weighted by Gasteiger charge is 2.55. The number of nitrogens with two attached hydrogens (primary N) is 2. The van der Waals surface area contributed by atoms with Gasteiger partial charge < -0.3 is 21.1 Å². The Morgan fingerprint density at radius 2 is 2.00 bits per heavy atom. The number of fused-ring (bicyclic) bond motifs is 1. The molecule has 10 heteroatoms. The highest BCUT2D eigenvalue weighted by Crippen LogP contribution is 2.48. The number of pyridine rings is 1.